The maximum absolute atomic E-state index is 12.2. The zero-order chi connectivity index (χ0) is 16.9. The standard InChI is InChI=1S/C14H24N4O3S/c1-7-14(3,4)11-15-12(22-9-10(19)21-8-2)18(16-11)13(20)17(5)6/h7-9H2,1-6H3. The van der Waals surface area contributed by atoms with E-state index in [0.29, 0.717) is 17.6 Å². The van der Waals surface area contributed by atoms with E-state index in [2.05, 4.69) is 10.1 Å². The number of esters is 1. The predicted molar refractivity (Wildman–Crippen MR) is 85.2 cm³/mol. The Balaban J connectivity index is 3.07. The van der Waals surface area contributed by atoms with Gasteiger partial charge in [0, 0.05) is 19.5 Å². The average molecular weight is 328 g/mol. The monoisotopic (exact) mass is 328 g/mol. The number of hydrogen-bond acceptors (Lipinski definition) is 6. The van der Waals surface area contributed by atoms with Crippen LogP contribution in [-0.4, -0.2) is 58.1 Å². The molecule has 0 saturated carbocycles. The SMILES string of the molecule is CCOC(=O)CSc1nc(C(C)(C)CC)nn1C(=O)N(C)C. The average Bonchev–Trinajstić information content (AvgIpc) is 2.89. The van der Waals surface area contributed by atoms with Crippen molar-refractivity contribution in [2.75, 3.05) is 26.5 Å². The Morgan fingerprint density at radius 2 is 1.95 bits per heavy atom. The molecule has 0 radical (unpaired) electrons. The first-order chi connectivity index (χ1) is 10.2. The van der Waals surface area contributed by atoms with Crippen LogP contribution in [-0.2, 0) is 14.9 Å². The van der Waals surface area contributed by atoms with E-state index in [4.69, 9.17) is 4.74 Å². The lowest BCUT2D eigenvalue weighted by molar-refractivity contribution is -0.139. The number of amides is 1. The van der Waals surface area contributed by atoms with Gasteiger partial charge in [-0.15, -0.1) is 5.10 Å². The van der Waals surface area contributed by atoms with Gasteiger partial charge in [-0.25, -0.2) is 9.78 Å². The van der Waals surface area contributed by atoms with E-state index in [1.807, 2.05) is 20.8 Å². The number of ether oxygens (including phenoxy) is 1. The lowest BCUT2D eigenvalue weighted by atomic mass is 9.90. The van der Waals surface area contributed by atoms with Crippen LogP contribution < -0.4 is 0 Å². The highest BCUT2D eigenvalue weighted by Crippen LogP contribution is 2.26. The molecule has 0 saturated heterocycles. The molecule has 0 aliphatic rings. The van der Waals surface area contributed by atoms with Crippen molar-refractivity contribution in [1.29, 1.82) is 0 Å². The maximum Gasteiger partial charge on any atom is 0.346 e. The fraction of sp³-hybridized carbons (Fsp3) is 0.714. The fourth-order valence-corrected chi connectivity index (χ4v) is 2.20. The van der Waals surface area contributed by atoms with Crippen LogP contribution in [0.5, 0.6) is 0 Å². The quantitative estimate of drug-likeness (QED) is 0.588. The van der Waals surface area contributed by atoms with E-state index in [-0.39, 0.29) is 23.2 Å². The van der Waals surface area contributed by atoms with Crippen LogP contribution in [0.1, 0.15) is 39.9 Å². The first-order valence-electron chi connectivity index (χ1n) is 7.20. The number of carbonyl (C=O) groups is 2. The number of thioether (sulfide) groups is 1. The molecule has 124 valence electrons. The molecule has 0 aliphatic heterocycles. The first kappa shape index (κ1) is 18.5. The van der Waals surface area contributed by atoms with Crippen molar-refractivity contribution < 1.29 is 14.3 Å². The largest absolute Gasteiger partial charge is 0.465 e. The van der Waals surface area contributed by atoms with Gasteiger partial charge in [0.1, 0.15) is 0 Å². The van der Waals surface area contributed by atoms with Gasteiger partial charge in [-0.2, -0.15) is 4.68 Å². The van der Waals surface area contributed by atoms with Gasteiger partial charge >= 0.3 is 12.0 Å². The molecule has 22 heavy (non-hydrogen) atoms. The van der Waals surface area contributed by atoms with Crippen molar-refractivity contribution in [3.63, 3.8) is 0 Å². The molecular weight excluding hydrogens is 304 g/mol. The molecular formula is C14H24N4O3S. The Morgan fingerprint density at radius 1 is 1.32 bits per heavy atom. The van der Waals surface area contributed by atoms with Gasteiger partial charge in [0.2, 0.25) is 0 Å². The van der Waals surface area contributed by atoms with E-state index in [1.54, 1.807) is 21.0 Å². The molecule has 1 rings (SSSR count). The zero-order valence-electron chi connectivity index (χ0n) is 14.0. The molecule has 7 nitrogen and oxygen atoms in total. The van der Waals surface area contributed by atoms with Crippen molar-refractivity contribution in [3.8, 4) is 0 Å². The minimum Gasteiger partial charge on any atom is -0.465 e. The Morgan fingerprint density at radius 3 is 2.45 bits per heavy atom. The lowest BCUT2D eigenvalue weighted by Crippen LogP contribution is -2.29. The molecule has 1 aromatic heterocycles. The van der Waals surface area contributed by atoms with Crippen LogP contribution in [0.2, 0.25) is 0 Å². The van der Waals surface area contributed by atoms with Crippen LogP contribution in [0.4, 0.5) is 4.79 Å². The van der Waals surface area contributed by atoms with Crippen LogP contribution in [0.3, 0.4) is 0 Å². The highest BCUT2D eigenvalue weighted by Gasteiger charge is 2.28. The Hall–Kier alpha value is -1.57. The first-order valence-corrected chi connectivity index (χ1v) is 8.19. The van der Waals surface area contributed by atoms with Crippen molar-refractivity contribution >= 4 is 23.8 Å². The van der Waals surface area contributed by atoms with Gasteiger partial charge in [-0.1, -0.05) is 32.5 Å². The zero-order valence-corrected chi connectivity index (χ0v) is 14.9. The number of nitrogens with zero attached hydrogens (tertiary/aromatic N) is 4. The minimum atomic E-state index is -0.337. The van der Waals surface area contributed by atoms with Crippen LogP contribution >= 0.6 is 11.8 Å². The molecule has 0 aromatic carbocycles. The Labute approximate surface area is 135 Å². The summed E-state index contributed by atoms with van der Waals surface area (Å²) in [5.74, 6) is 0.353. The molecule has 0 N–H and O–H groups in total. The third kappa shape index (κ3) is 4.46. The van der Waals surface area contributed by atoms with Gasteiger partial charge in [-0.3, -0.25) is 4.79 Å². The van der Waals surface area contributed by atoms with E-state index in [0.717, 1.165) is 18.2 Å². The summed E-state index contributed by atoms with van der Waals surface area (Å²) in [6.07, 6.45) is 0.842. The summed E-state index contributed by atoms with van der Waals surface area (Å²) in [5, 5.41) is 4.75. The topological polar surface area (TPSA) is 77.3 Å². The lowest BCUT2D eigenvalue weighted by Gasteiger charge is -2.17. The van der Waals surface area contributed by atoms with E-state index < -0.39 is 0 Å². The van der Waals surface area contributed by atoms with Crippen molar-refractivity contribution in [2.24, 2.45) is 0 Å². The summed E-state index contributed by atoms with van der Waals surface area (Å²) in [4.78, 5) is 29.6. The Kier molecular flexibility index (Phi) is 6.40. The number of aromatic nitrogens is 3. The minimum absolute atomic E-state index is 0.0965. The summed E-state index contributed by atoms with van der Waals surface area (Å²) in [5.41, 5.74) is -0.239. The highest BCUT2D eigenvalue weighted by atomic mass is 32.2. The molecule has 0 unspecified atom stereocenters. The van der Waals surface area contributed by atoms with Gasteiger partial charge in [0.15, 0.2) is 11.0 Å². The molecule has 1 amide bonds. The molecule has 8 heteroatoms. The van der Waals surface area contributed by atoms with Gasteiger partial charge < -0.3 is 9.64 Å². The second-order valence-corrected chi connectivity index (χ2v) is 6.58. The molecule has 0 bridgehead atoms. The van der Waals surface area contributed by atoms with Gasteiger partial charge in [-0.05, 0) is 13.3 Å². The summed E-state index contributed by atoms with van der Waals surface area (Å²) < 4.78 is 6.14. The Bertz CT molecular complexity index is 540. The molecule has 1 aromatic rings. The van der Waals surface area contributed by atoms with Crippen molar-refractivity contribution in [1.82, 2.24) is 19.7 Å². The summed E-state index contributed by atoms with van der Waals surface area (Å²) in [7, 11) is 3.29. The second-order valence-electron chi connectivity index (χ2n) is 5.64. The van der Waals surface area contributed by atoms with E-state index >= 15 is 0 Å². The third-order valence-corrected chi connectivity index (χ3v) is 4.16. The molecule has 0 spiro atoms. The summed E-state index contributed by atoms with van der Waals surface area (Å²) in [6, 6.07) is -0.294. The third-order valence-electron chi connectivity index (χ3n) is 3.25. The highest BCUT2D eigenvalue weighted by molar-refractivity contribution is 7.99. The van der Waals surface area contributed by atoms with Crippen molar-refractivity contribution in [3.05, 3.63) is 5.82 Å². The number of carbonyl (C=O) groups excluding carboxylic acids is 2. The van der Waals surface area contributed by atoms with Crippen LogP contribution in [0.25, 0.3) is 0 Å². The number of rotatable bonds is 6. The van der Waals surface area contributed by atoms with E-state index in [9.17, 15) is 9.59 Å². The summed E-state index contributed by atoms with van der Waals surface area (Å²) in [6.45, 7) is 8.17. The summed E-state index contributed by atoms with van der Waals surface area (Å²) >= 11 is 1.16. The smallest absolute Gasteiger partial charge is 0.346 e. The van der Waals surface area contributed by atoms with Crippen molar-refractivity contribution in [2.45, 2.75) is 44.7 Å². The van der Waals surface area contributed by atoms with Crippen LogP contribution in [0, 0.1) is 0 Å². The molecule has 1 heterocycles. The normalized spacial score (nSPS) is 11.4. The van der Waals surface area contributed by atoms with Crippen LogP contribution in [0.15, 0.2) is 5.16 Å². The van der Waals surface area contributed by atoms with E-state index in [1.165, 1.54) is 9.58 Å². The molecule has 0 fully saturated rings. The predicted octanol–water partition coefficient (Wildman–Crippen LogP) is 2.15. The van der Waals surface area contributed by atoms with Gasteiger partial charge in [0.25, 0.3) is 0 Å². The second kappa shape index (κ2) is 7.62. The molecule has 0 aliphatic carbocycles. The maximum atomic E-state index is 12.2. The fourth-order valence-electron chi connectivity index (χ4n) is 1.48. The number of hydrogen-bond donors (Lipinski definition) is 0. The van der Waals surface area contributed by atoms with Gasteiger partial charge in [0.05, 0.1) is 12.4 Å². The molecule has 0 atom stereocenters.